The summed E-state index contributed by atoms with van der Waals surface area (Å²) in [5.41, 5.74) is 13.9. The van der Waals surface area contributed by atoms with E-state index in [1.807, 2.05) is 0 Å². The van der Waals surface area contributed by atoms with Crippen LogP contribution in [0.5, 0.6) is 0 Å². The van der Waals surface area contributed by atoms with E-state index < -0.39 is 5.41 Å². The lowest BCUT2D eigenvalue weighted by Crippen LogP contribution is -2.28. The normalized spacial score (nSPS) is 12.9. The molecule has 0 saturated heterocycles. The van der Waals surface area contributed by atoms with Gasteiger partial charge in [-0.3, -0.25) is 9.13 Å². The summed E-state index contributed by atoms with van der Waals surface area (Å²) in [5.74, 6) is 1.71. The van der Waals surface area contributed by atoms with Crippen molar-refractivity contribution in [2.24, 2.45) is 0 Å². The van der Waals surface area contributed by atoms with Gasteiger partial charge in [-0.15, -0.1) is 0 Å². The lowest BCUT2D eigenvalue weighted by atomic mass is 9.67. The number of aromatic nitrogens is 5. The zero-order valence-corrected chi connectivity index (χ0v) is 34.1. The molecule has 0 radical (unpaired) electrons. The standard InChI is InChI=1S/C58H37N5/c1-4-19-38(20-5-1)39-35-36-45-44-27-13-17-34-52(44)63(53(45)37-39)57-60-55(59-56(61-57)62-50-32-15-11-25-42(50)43-26-12-16-33-51(43)62)47-29-18-31-49-54(47)46-28-10-14-30-48(46)58(49,40-21-6-2-7-22-40)41-23-8-3-9-24-41/h1-37H. The van der Waals surface area contributed by atoms with Gasteiger partial charge in [-0.1, -0.05) is 200 Å². The van der Waals surface area contributed by atoms with Crippen LogP contribution in [0.4, 0.5) is 0 Å². The number of nitrogens with zero attached hydrogens (tertiary/aromatic N) is 5. The molecule has 3 aromatic heterocycles. The summed E-state index contributed by atoms with van der Waals surface area (Å²) in [6.45, 7) is 0. The van der Waals surface area contributed by atoms with E-state index in [1.54, 1.807) is 0 Å². The number of benzene rings is 9. The largest absolute Gasteiger partial charge is 0.278 e. The highest BCUT2D eigenvalue weighted by Crippen LogP contribution is 2.58. The third kappa shape index (κ3) is 5.14. The number of hydrogen-bond donors (Lipinski definition) is 0. The van der Waals surface area contributed by atoms with Crippen LogP contribution in [-0.2, 0) is 5.41 Å². The van der Waals surface area contributed by atoms with E-state index >= 15 is 0 Å². The van der Waals surface area contributed by atoms with E-state index in [9.17, 15) is 0 Å². The van der Waals surface area contributed by atoms with E-state index in [0.717, 1.165) is 65.9 Å². The van der Waals surface area contributed by atoms with Gasteiger partial charge in [-0.2, -0.15) is 15.0 Å². The Morgan fingerprint density at radius 3 is 1.38 bits per heavy atom. The van der Waals surface area contributed by atoms with E-state index in [2.05, 4.69) is 234 Å². The third-order valence-corrected chi connectivity index (χ3v) is 13.1. The molecule has 5 nitrogen and oxygen atoms in total. The Bertz CT molecular complexity index is 3640. The van der Waals surface area contributed by atoms with Crippen molar-refractivity contribution >= 4 is 43.6 Å². The molecule has 5 heteroatoms. The monoisotopic (exact) mass is 803 g/mol. The summed E-state index contributed by atoms with van der Waals surface area (Å²) >= 11 is 0. The Labute approximate surface area is 363 Å². The number of rotatable bonds is 6. The fourth-order valence-corrected chi connectivity index (χ4v) is 10.5. The second-order valence-corrected chi connectivity index (χ2v) is 16.3. The number of para-hydroxylation sites is 3. The summed E-state index contributed by atoms with van der Waals surface area (Å²) < 4.78 is 4.44. The third-order valence-electron chi connectivity index (χ3n) is 13.1. The molecule has 63 heavy (non-hydrogen) atoms. The molecule has 0 spiro atoms. The lowest BCUT2D eigenvalue weighted by Gasteiger charge is -2.33. The molecule has 0 atom stereocenters. The first-order valence-electron chi connectivity index (χ1n) is 21.5. The Morgan fingerprint density at radius 2 is 0.778 bits per heavy atom. The lowest BCUT2D eigenvalue weighted by molar-refractivity contribution is 0.768. The van der Waals surface area contributed by atoms with Crippen LogP contribution in [-0.4, -0.2) is 24.1 Å². The zero-order chi connectivity index (χ0) is 41.5. The van der Waals surface area contributed by atoms with E-state index in [0.29, 0.717) is 17.7 Å². The fraction of sp³-hybridized carbons (Fsp3) is 0.0172. The molecular weight excluding hydrogens is 767 g/mol. The second kappa shape index (κ2) is 13.8. The Balaban J connectivity index is 1.15. The first kappa shape index (κ1) is 35.4. The van der Waals surface area contributed by atoms with Gasteiger partial charge in [0.1, 0.15) is 0 Å². The van der Waals surface area contributed by atoms with Crippen LogP contribution >= 0.6 is 0 Å². The minimum atomic E-state index is -0.573. The topological polar surface area (TPSA) is 48.5 Å². The summed E-state index contributed by atoms with van der Waals surface area (Å²) in [5, 5.41) is 4.56. The summed E-state index contributed by atoms with van der Waals surface area (Å²) in [6, 6.07) is 80.3. The molecule has 0 fully saturated rings. The van der Waals surface area contributed by atoms with E-state index in [4.69, 9.17) is 15.0 Å². The maximum absolute atomic E-state index is 5.59. The maximum atomic E-state index is 5.59. The molecule has 1 aliphatic rings. The van der Waals surface area contributed by atoms with Crippen LogP contribution in [0.1, 0.15) is 22.3 Å². The van der Waals surface area contributed by atoms with Gasteiger partial charge < -0.3 is 0 Å². The first-order valence-corrected chi connectivity index (χ1v) is 21.5. The van der Waals surface area contributed by atoms with Crippen LogP contribution in [0.3, 0.4) is 0 Å². The van der Waals surface area contributed by atoms with Gasteiger partial charge in [0.2, 0.25) is 11.9 Å². The van der Waals surface area contributed by atoms with Crippen molar-refractivity contribution in [3.05, 3.63) is 247 Å². The highest BCUT2D eigenvalue weighted by Gasteiger charge is 2.47. The van der Waals surface area contributed by atoms with E-state index in [-0.39, 0.29) is 0 Å². The average Bonchev–Trinajstić information content (AvgIpc) is 3.99. The minimum Gasteiger partial charge on any atom is -0.278 e. The molecule has 0 unspecified atom stereocenters. The van der Waals surface area contributed by atoms with Crippen molar-refractivity contribution in [3.63, 3.8) is 0 Å². The van der Waals surface area contributed by atoms with Gasteiger partial charge in [0.05, 0.1) is 27.5 Å². The second-order valence-electron chi connectivity index (χ2n) is 16.3. The quantitative estimate of drug-likeness (QED) is 0.168. The Hall–Kier alpha value is -8.41. The summed E-state index contributed by atoms with van der Waals surface area (Å²) in [6.07, 6.45) is 0. The molecule has 0 aliphatic heterocycles. The molecule has 3 heterocycles. The molecule has 0 N–H and O–H groups in total. The van der Waals surface area contributed by atoms with Gasteiger partial charge in [-0.05, 0) is 68.8 Å². The molecule has 13 rings (SSSR count). The van der Waals surface area contributed by atoms with Crippen molar-refractivity contribution in [2.45, 2.75) is 5.41 Å². The van der Waals surface area contributed by atoms with Crippen molar-refractivity contribution in [3.8, 4) is 45.5 Å². The SMILES string of the molecule is c1ccc(-c2ccc3c4ccccc4n(-c4nc(-c5cccc6c5-c5ccccc5C6(c5ccccc5)c5ccccc5)nc(-n5c6ccccc6c6ccccc65)n4)c3c2)cc1. The van der Waals surface area contributed by atoms with Gasteiger partial charge in [0.25, 0.3) is 0 Å². The summed E-state index contributed by atoms with van der Waals surface area (Å²) in [4.78, 5) is 16.7. The fourth-order valence-electron chi connectivity index (χ4n) is 10.5. The smallest absolute Gasteiger partial charge is 0.240 e. The molecule has 0 saturated carbocycles. The van der Waals surface area contributed by atoms with Crippen molar-refractivity contribution < 1.29 is 0 Å². The van der Waals surface area contributed by atoms with Gasteiger partial charge >= 0.3 is 0 Å². The van der Waals surface area contributed by atoms with Crippen LogP contribution in [0, 0.1) is 0 Å². The summed E-state index contributed by atoms with van der Waals surface area (Å²) in [7, 11) is 0. The zero-order valence-electron chi connectivity index (χ0n) is 34.1. The molecule has 0 bridgehead atoms. The first-order chi connectivity index (χ1) is 31.3. The van der Waals surface area contributed by atoms with Crippen LogP contribution in [0.25, 0.3) is 89.2 Å². The van der Waals surface area contributed by atoms with Crippen LogP contribution < -0.4 is 0 Å². The molecule has 9 aromatic carbocycles. The highest BCUT2D eigenvalue weighted by atomic mass is 15.3. The van der Waals surface area contributed by atoms with Crippen LogP contribution in [0.15, 0.2) is 224 Å². The predicted molar refractivity (Wildman–Crippen MR) is 257 cm³/mol. The van der Waals surface area contributed by atoms with Crippen LogP contribution in [0.2, 0.25) is 0 Å². The molecule has 12 aromatic rings. The van der Waals surface area contributed by atoms with Crippen molar-refractivity contribution in [1.82, 2.24) is 24.1 Å². The highest BCUT2D eigenvalue weighted by molar-refractivity contribution is 6.11. The minimum absolute atomic E-state index is 0.551. The Morgan fingerprint density at radius 1 is 0.317 bits per heavy atom. The van der Waals surface area contributed by atoms with Gasteiger partial charge in [0.15, 0.2) is 5.82 Å². The van der Waals surface area contributed by atoms with E-state index in [1.165, 1.54) is 27.8 Å². The maximum Gasteiger partial charge on any atom is 0.240 e. The van der Waals surface area contributed by atoms with Gasteiger partial charge in [-0.25, -0.2) is 0 Å². The van der Waals surface area contributed by atoms with Crippen molar-refractivity contribution in [1.29, 1.82) is 0 Å². The molecular formula is C58H37N5. The van der Waals surface area contributed by atoms with Crippen molar-refractivity contribution in [2.75, 3.05) is 0 Å². The number of fused-ring (bicyclic) bond motifs is 9. The predicted octanol–water partition coefficient (Wildman–Crippen LogP) is 13.8. The molecule has 294 valence electrons. The van der Waals surface area contributed by atoms with Gasteiger partial charge in [0, 0.05) is 27.1 Å². The number of hydrogen-bond acceptors (Lipinski definition) is 3. The molecule has 0 amide bonds. The molecule has 1 aliphatic carbocycles. The Kier molecular flexibility index (Phi) is 7.75. The average molecular weight is 804 g/mol.